The van der Waals surface area contributed by atoms with E-state index in [1.165, 1.54) is 27.4 Å². The van der Waals surface area contributed by atoms with Crippen LogP contribution in [0.1, 0.15) is 11.3 Å². The van der Waals surface area contributed by atoms with Crippen molar-refractivity contribution in [3.05, 3.63) is 41.7 Å². The van der Waals surface area contributed by atoms with Crippen LogP contribution in [0.2, 0.25) is 0 Å². The van der Waals surface area contributed by atoms with Gasteiger partial charge in [0.15, 0.2) is 0 Å². The Morgan fingerprint density at radius 1 is 1.10 bits per heavy atom. The van der Waals surface area contributed by atoms with Gasteiger partial charge in [-0.3, -0.25) is 4.98 Å². The van der Waals surface area contributed by atoms with Crippen LogP contribution in [0.15, 0.2) is 30.5 Å². The first-order valence-corrected chi connectivity index (χ1v) is 7.07. The van der Waals surface area contributed by atoms with E-state index in [1.54, 1.807) is 0 Å². The van der Waals surface area contributed by atoms with Gasteiger partial charge in [-0.1, -0.05) is 12.1 Å². The van der Waals surface area contributed by atoms with Crippen molar-refractivity contribution in [2.75, 3.05) is 20.6 Å². The summed E-state index contributed by atoms with van der Waals surface area (Å²) >= 11 is 0. The van der Waals surface area contributed by atoms with Gasteiger partial charge >= 0.3 is 0 Å². The highest BCUT2D eigenvalue weighted by Crippen LogP contribution is 2.30. The van der Waals surface area contributed by atoms with Crippen molar-refractivity contribution in [1.29, 1.82) is 0 Å². The highest BCUT2D eigenvalue weighted by Gasteiger charge is 2.13. The van der Waals surface area contributed by atoms with Gasteiger partial charge in [-0.25, -0.2) is 0 Å². The highest BCUT2D eigenvalue weighted by atomic mass is 15.1. The molecular weight excluding hydrogens is 246 g/mol. The molecule has 2 aromatic heterocycles. The van der Waals surface area contributed by atoms with Gasteiger partial charge in [0.25, 0.3) is 0 Å². The number of rotatable bonds is 3. The Morgan fingerprint density at radius 2 is 1.90 bits per heavy atom. The summed E-state index contributed by atoms with van der Waals surface area (Å²) in [5, 5.41) is 2.64. The van der Waals surface area contributed by atoms with E-state index in [-0.39, 0.29) is 0 Å². The van der Waals surface area contributed by atoms with Crippen LogP contribution in [0.25, 0.3) is 21.8 Å². The Bertz CT molecular complexity index is 769. The average Bonchev–Trinajstić information content (AvgIpc) is 2.71. The third-order valence-electron chi connectivity index (χ3n) is 3.88. The molecule has 20 heavy (non-hydrogen) atoms. The molecule has 0 atom stereocenters. The van der Waals surface area contributed by atoms with Gasteiger partial charge in [0.2, 0.25) is 0 Å². The molecular formula is C17H21N3. The van der Waals surface area contributed by atoms with Crippen LogP contribution in [-0.2, 0) is 6.54 Å². The fourth-order valence-electron chi connectivity index (χ4n) is 2.86. The molecule has 2 heterocycles. The normalized spacial score (nSPS) is 11.8. The predicted molar refractivity (Wildman–Crippen MR) is 85.3 cm³/mol. The first kappa shape index (κ1) is 13.1. The molecule has 0 saturated carbocycles. The van der Waals surface area contributed by atoms with Gasteiger partial charge in [0.05, 0.1) is 11.2 Å². The molecule has 0 aliphatic rings. The van der Waals surface area contributed by atoms with Crippen LogP contribution in [0.3, 0.4) is 0 Å². The van der Waals surface area contributed by atoms with E-state index in [4.69, 9.17) is 0 Å². The molecule has 3 rings (SSSR count). The number of nitrogens with zero attached hydrogens (tertiary/aromatic N) is 3. The molecule has 1 aromatic carbocycles. The zero-order valence-electron chi connectivity index (χ0n) is 12.6. The minimum atomic E-state index is 0.989. The molecule has 0 saturated heterocycles. The minimum Gasteiger partial charge on any atom is -0.338 e. The van der Waals surface area contributed by atoms with Crippen molar-refractivity contribution in [1.82, 2.24) is 14.5 Å². The number of fused-ring (bicyclic) bond motifs is 3. The molecule has 104 valence electrons. The SMILES string of the molecule is Cc1ccc2c3ccnc(C)c3n(CCN(C)C)c2c1. The third kappa shape index (κ3) is 2.08. The van der Waals surface area contributed by atoms with E-state index < -0.39 is 0 Å². The van der Waals surface area contributed by atoms with E-state index in [2.05, 4.69) is 66.7 Å². The Hall–Kier alpha value is -1.87. The minimum absolute atomic E-state index is 0.989. The van der Waals surface area contributed by atoms with Gasteiger partial charge in [-0.15, -0.1) is 0 Å². The molecule has 0 spiro atoms. The van der Waals surface area contributed by atoms with Gasteiger partial charge in [0, 0.05) is 35.6 Å². The molecule has 0 unspecified atom stereocenters. The van der Waals surface area contributed by atoms with Gasteiger partial charge < -0.3 is 9.47 Å². The van der Waals surface area contributed by atoms with Crippen LogP contribution < -0.4 is 0 Å². The summed E-state index contributed by atoms with van der Waals surface area (Å²) in [6.45, 7) is 6.27. The lowest BCUT2D eigenvalue weighted by atomic mass is 10.1. The second kappa shape index (κ2) is 4.91. The summed E-state index contributed by atoms with van der Waals surface area (Å²) in [7, 11) is 4.23. The number of hydrogen-bond donors (Lipinski definition) is 0. The molecule has 0 bridgehead atoms. The number of pyridine rings is 1. The maximum absolute atomic E-state index is 4.48. The molecule has 0 amide bonds. The molecule has 0 radical (unpaired) electrons. The largest absolute Gasteiger partial charge is 0.338 e. The number of benzene rings is 1. The van der Waals surface area contributed by atoms with E-state index in [0.717, 1.165) is 18.8 Å². The molecule has 3 nitrogen and oxygen atoms in total. The lowest BCUT2D eigenvalue weighted by Gasteiger charge is -2.13. The summed E-state index contributed by atoms with van der Waals surface area (Å²) < 4.78 is 2.42. The standard InChI is InChI=1S/C17H21N3/c1-12-5-6-14-15-7-8-18-13(2)17(15)20(16(14)11-12)10-9-19(3)4/h5-8,11H,9-10H2,1-4H3. The number of likely N-dealkylation sites (N-methyl/N-ethyl adjacent to an activating group) is 1. The van der Waals surface area contributed by atoms with Gasteiger partial charge in [-0.2, -0.15) is 0 Å². The van der Waals surface area contributed by atoms with Crippen LogP contribution in [0, 0.1) is 13.8 Å². The van der Waals surface area contributed by atoms with Crippen molar-refractivity contribution in [2.45, 2.75) is 20.4 Å². The maximum atomic E-state index is 4.48. The Balaban J connectivity index is 2.33. The van der Waals surface area contributed by atoms with Crippen LogP contribution in [-0.4, -0.2) is 35.1 Å². The van der Waals surface area contributed by atoms with E-state index >= 15 is 0 Å². The van der Waals surface area contributed by atoms with E-state index in [9.17, 15) is 0 Å². The molecule has 0 fully saturated rings. The summed E-state index contributed by atoms with van der Waals surface area (Å²) in [5.74, 6) is 0. The van der Waals surface area contributed by atoms with Crippen molar-refractivity contribution in [2.24, 2.45) is 0 Å². The summed E-state index contributed by atoms with van der Waals surface area (Å²) in [5.41, 5.74) is 5.00. The predicted octanol–water partition coefficient (Wildman–Crippen LogP) is 3.37. The first-order valence-electron chi connectivity index (χ1n) is 7.07. The molecule has 3 aromatic rings. The second-order valence-corrected chi connectivity index (χ2v) is 5.77. The Kier molecular flexibility index (Phi) is 3.22. The highest BCUT2D eigenvalue weighted by molar-refractivity contribution is 6.08. The van der Waals surface area contributed by atoms with Crippen molar-refractivity contribution >= 4 is 21.8 Å². The fourth-order valence-corrected chi connectivity index (χ4v) is 2.86. The Morgan fingerprint density at radius 3 is 2.65 bits per heavy atom. The lowest BCUT2D eigenvalue weighted by molar-refractivity contribution is 0.389. The van der Waals surface area contributed by atoms with Crippen molar-refractivity contribution < 1.29 is 0 Å². The molecule has 3 heteroatoms. The molecule has 0 N–H and O–H groups in total. The zero-order chi connectivity index (χ0) is 14.3. The van der Waals surface area contributed by atoms with E-state index in [0.29, 0.717) is 0 Å². The Labute approximate surface area is 119 Å². The molecule has 0 aliphatic heterocycles. The average molecular weight is 267 g/mol. The topological polar surface area (TPSA) is 21.1 Å². The van der Waals surface area contributed by atoms with Crippen LogP contribution in [0.5, 0.6) is 0 Å². The second-order valence-electron chi connectivity index (χ2n) is 5.77. The quantitative estimate of drug-likeness (QED) is 0.725. The van der Waals surface area contributed by atoms with Crippen molar-refractivity contribution in [3.63, 3.8) is 0 Å². The summed E-state index contributed by atoms with van der Waals surface area (Å²) in [6.07, 6.45) is 1.91. The van der Waals surface area contributed by atoms with E-state index in [1.807, 2.05) is 6.20 Å². The van der Waals surface area contributed by atoms with Crippen molar-refractivity contribution in [3.8, 4) is 0 Å². The number of aryl methyl sites for hydroxylation is 2. The smallest absolute Gasteiger partial charge is 0.0708 e. The zero-order valence-corrected chi connectivity index (χ0v) is 12.6. The first-order chi connectivity index (χ1) is 9.58. The third-order valence-corrected chi connectivity index (χ3v) is 3.88. The number of aromatic nitrogens is 2. The number of hydrogen-bond acceptors (Lipinski definition) is 2. The summed E-state index contributed by atoms with van der Waals surface area (Å²) in [6, 6.07) is 8.84. The lowest BCUT2D eigenvalue weighted by Crippen LogP contribution is -2.18. The van der Waals surface area contributed by atoms with Crippen LogP contribution in [0.4, 0.5) is 0 Å². The summed E-state index contributed by atoms with van der Waals surface area (Å²) in [4.78, 5) is 6.70. The van der Waals surface area contributed by atoms with Gasteiger partial charge in [-0.05, 0) is 45.6 Å². The molecule has 0 aliphatic carbocycles. The van der Waals surface area contributed by atoms with Crippen LogP contribution >= 0.6 is 0 Å². The van der Waals surface area contributed by atoms with Gasteiger partial charge in [0.1, 0.15) is 0 Å². The fraction of sp³-hybridized carbons (Fsp3) is 0.353. The monoisotopic (exact) mass is 267 g/mol. The maximum Gasteiger partial charge on any atom is 0.0708 e.